The van der Waals surface area contributed by atoms with E-state index in [0.29, 0.717) is 6.42 Å². The monoisotopic (exact) mass is 327 g/mol. The molecule has 1 N–H and O–H groups in total. The van der Waals surface area contributed by atoms with Crippen molar-refractivity contribution in [3.8, 4) is 5.75 Å². The molecule has 0 aliphatic carbocycles. The van der Waals surface area contributed by atoms with E-state index in [2.05, 4.69) is 12.2 Å². The first-order valence-electron chi connectivity index (χ1n) is 7.59. The molecule has 0 spiro atoms. The van der Waals surface area contributed by atoms with Crippen molar-refractivity contribution in [3.63, 3.8) is 0 Å². The second-order valence-corrected chi connectivity index (χ2v) is 7.57. The lowest BCUT2D eigenvalue weighted by molar-refractivity contribution is -0.122. The number of para-hydroxylation sites is 1. The number of halogens is 1. The maximum absolute atomic E-state index is 13.6. The molecule has 3 nitrogen and oxygen atoms in total. The summed E-state index contributed by atoms with van der Waals surface area (Å²) in [5.41, 5.74) is -0.168. The Bertz CT molecular complexity index is 474. The second kappa shape index (κ2) is 9.03. The van der Waals surface area contributed by atoms with E-state index in [-0.39, 0.29) is 35.5 Å². The van der Waals surface area contributed by atoms with Crippen LogP contribution in [0, 0.1) is 11.2 Å². The highest BCUT2D eigenvalue weighted by Gasteiger charge is 2.27. The van der Waals surface area contributed by atoms with Gasteiger partial charge in [0.2, 0.25) is 5.91 Å². The molecule has 0 saturated carbocycles. The maximum atomic E-state index is 13.6. The average molecular weight is 327 g/mol. The van der Waals surface area contributed by atoms with Gasteiger partial charge in [-0.25, -0.2) is 4.39 Å². The van der Waals surface area contributed by atoms with Crippen LogP contribution in [0.3, 0.4) is 0 Å². The third-order valence-electron chi connectivity index (χ3n) is 3.30. The molecule has 1 rings (SSSR count). The Balaban J connectivity index is 2.58. The third kappa shape index (κ3) is 6.69. The van der Waals surface area contributed by atoms with Crippen LogP contribution in [-0.2, 0) is 4.79 Å². The van der Waals surface area contributed by atoms with Gasteiger partial charge in [-0.3, -0.25) is 4.79 Å². The molecule has 1 aromatic carbocycles. The van der Waals surface area contributed by atoms with Gasteiger partial charge < -0.3 is 10.1 Å². The Morgan fingerprint density at radius 1 is 1.36 bits per heavy atom. The van der Waals surface area contributed by atoms with E-state index in [9.17, 15) is 9.18 Å². The number of thioether (sulfide) groups is 1. The number of carbonyl (C=O) groups excluding carboxylic acids is 1. The summed E-state index contributed by atoms with van der Waals surface area (Å²) in [6, 6.07) is 6.13. The Morgan fingerprint density at radius 2 is 2.05 bits per heavy atom. The van der Waals surface area contributed by atoms with E-state index in [4.69, 9.17) is 4.74 Å². The van der Waals surface area contributed by atoms with Crippen LogP contribution >= 0.6 is 11.8 Å². The lowest BCUT2D eigenvalue weighted by Gasteiger charge is -2.31. The van der Waals surface area contributed by atoms with Gasteiger partial charge in [0, 0.05) is 12.2 Å². The zero-order valence-electron chi connectivity index (χ0n) is 13.8. The lowest BCUT2D eigenvalue weighted by Crippen LogP contribution is -2.47. The molecular weight excluding hydrogens is 301 g/mol. The molecule has 124 valence electrons. The van der Waals surface area contributed by atoms with Crippen molar-refractivity contribution in [1.82, 2.24) is 5.32 Å². The van der Waals surface area contributed by atoms with Gasteiger partial charge in [0.25, 0.3) is 0 Å². The van der Waals surface area contributed by atoms with Crippen molar-refractivity contribution in [2.45, 2.75) is 40.2 Å². The number of rotatable bonds is 8. The summed E-state index contributed by atoms with van der Waals surface area (Å²) < 4.78 is 19.1. The molecule has 22 heavy (non-hydrogen) atoms. The molecule has 0 aliphatic rings. The number of nitrogens with one attached hydrogen (secondary N) is 1. The van der Waals surface area contributed by atoms with Crippen molar-refractivity contribution in [1.29, 1.82) is 0 Å². The van der Waals surface area contributed by atoms with Gasteiger partial charge in [0.05, 0.1) is 6.04 Å². The minimum absolute atomic E-state index is 0.0120. The SMILES string of the molecule is CCSCCC(=O)NC(COc1ccccc1F)C(C)(C)C. The van der Waals surface area contributed by atoms with Crippen molar-refractivity contribution in [3.05, 3.63) is 30.1 Å². The van der Waals surface area contributed by atoms with E-state index in [1.165, 1.54) is 6.07 Å². The lowest BCUT2D eigenvalue weighted by atomic mass is 9.87. The van der Waals surface area contributed by atoms with E-state index in [1.54, 1.807) is 30.0 Å². The molecule has 0 radical (unpaired) electrons. The Labute approximate surface area is 137 Å². The third-order valence-corrected chi connectivity index (χ3v) is 4.20. The first-order chi connectivity index (χ1) is 10.3. The summed E-state index contributed by atoms with van der Waals surface area (Å²) in [4.78, 5) is 12.0. The van der Waals surface area contributed by atoms with Crippen LogP contribution in [0.1, 0.15) is 34.1 Å². The molecule has 0 saturated heterocycles. The molecule has 0 heterocycles. The standard InChI is InChI=1S/C17H26FNO2S/c1-5-22-11-10-16(20)19-15(17(2,3)4)12-21-14-9-7-6-8-13(14)18/h6-9,15H,5,10-12H2,1-4H3,(H,19,20). The number of ether oxygens (including phenoxy) is 1. The highest BCUT2D eigenvalue weighted by Crippen LogP contribution is 2.22. The van der Waals surface area contributed by atoms with Gasteiger partial charge in [-0.15, -0.1) is 0 Å². The minimum Gasteiger partial charge on any atom is -0.488 e. The Kier molecular flexibility index (Phi) is 7.73. The summed E-state index contributed by atoms with van der Waals surface area (Å²) >= 11 is 1.74. The summed E-state index contributed by atoms with van der Waals surface area (Å²) in [6.07, 6.45) is 0.491. The molecular formula is C17H26FNO2S. The summed E-state index contributed by atoms with van der Waals surface area (Å²) in [5, 5.41) is 3.01. The van der Waals surface area contributed by atoms with Gasteiger partial charge >= 0.3 is 0 Å². The number of benzene rings is 1. The fourth-order valence-electron chi connectivity index (χ4n) is 1.82. The molecule has 0 fully saturated rings. The van der Waals surface area contributed by atoms with E-state index < -0.39 is 0 Å². The highest BCUT2D eigenvalue weighted by atomic mass is 32.2. The van der Waals surface area contributed by atoms with Gasteiger partial charge in [-0.05, 0) is 23.3 Å². The van der Waals surface area contributed by atoms with E-state index >= 15 is 0 Å². The maximum Gasteiger partial charge on any atom is 0.221 e. The molecule has 5 heteroatoms. The van der Waals surface area contributed by atoms with Crippen LogP contribution in [0.15, 0.2) is 24.3 Å². The van der Waals surface area contributed by atoms with Crippen LogP contribution in [0.2, 0.25) is 0 Å². The topological polar surface area (TPSA) is 38.3 Å². The van der Waals surface area contributed by atoms with E-state index in [0.717, 1.165) is 11.5 Å². The van der Waals surface area contributed by atoms with Gasteiger partial charge in [0.1, 0.15) is 6.61 Å². The largest absolute Gasteiger partial charge is 0.488 e. The quantitative estimate of drug-likeness (QED) is 0.737. The number of hydrogen-bond donors (Lipinski definition) is 1. The van der Waals surface area contributed by atoms with Crippen LogP contribution in [0.25, 0.3) is 0 Å². The number of amides is 1. The predicted molar refractivity (Wildman–Crippen MR) is 90.9 cm³/mol. The fourth-order valence-corrected chi connectivity index (χ4v) is 2.44. The molecule has 1 unspecified atom stereocenters. The number of carbonyl (C=O) groups is 1. The second-order valence-electron chi connectivity index (χ2n) is 6.17. The Morgan fingerprint density at radius 3 is 2.64 bits per heavy atom. The van der Waals surface area contributed by atoms with Crippen molar-refractivity contribution >= 4 is 17.7 Å². The van der Waals surface area contributed by atoms with Gasteiger partial charge in [0.15, 0.2) is 11.6 Å². The van der Waals surface area contributed by atoms with Crippen LogP contribution in [0.4, 0.5) is 4.39 Å². The summed E-state index contributed by atoms with van der Waals surface area (Å²) in [5.74, 6) is 1.66. The van der Waals surface area contributed by atoms with Crippen molar-refractivity contribution < 1.29 is 13.9 Å². The van der Waals surface area contributed by atoms with Crippen LogP contribution in [0.5, 0.6) is 5.75 Å². The molecule has 0 aromatic heterocycles. The molecule has 0 aliphatic heterocycles. The number of hydrogen-bond acceptors (Lipinski definition) is 3. The van der Waals surface area contributed by atoms with Crippen molar-refractivity contribution in [2.24, 2.45) is 5.41 Å². The normalized spacial score (nSPS) is 12.8. The Hall–Kier alpha value is -1.23. The van der Waals surface area contributed by atoms with Gasteiger partial charge in [-0.2, -0.15) is 11.8 Å². The first kappa shape index (κ1) is 18.8. The van der Waals surface area contributed by atoms with Gasteiger partial charge in [-0.1, -0.05) is 39.8 Å². The van der Waals surface area contributed by atoms with Crippen molar-refractivity contribution in [2.75, 3.05) is 18.1 Å². The summed E-state index contributed by atoms with van der Waals surface area (Å²) in [7, 11) is 0. The smallest absolute Gasteiger partial charge is 0.221 e. The molecule has 0 bridgehead atoms. The predicted octanol–water partition coefficient (Wildman–Crippen LogP) is 3.88. The summed E-state index contributed by atoms with van der Waals surface area (Å²) in [6.45, 7) is 8.41. The van der Waals surface area contributed by atoms with Crippen LogP contribution < -0.4 is 10.1 Å². The molecule has 1 atom stereocenters. The zero-order valence-corrected chi connectivity index (χ0v) is 14.6. The van der Waals surface area contributed by atoms with E-state index in [1.807, 2.05) is 20.8 Å². The first-order valence-corrected chi connectivity index (χ1v) is 8.74. The average Bonchev–Trinajstić information content (AvgIpc) is 2.44. The minimum atomic E-state index is -0.388. The molecule has 1 amide bonds. The molecule has 1 aromatic rings. The van der Waals surface area contributed by atoms with Crippen LogP contribution in [-0.4, -0.2) is 30.1 Å². The fraction of sp³-hybridized carbons (Fsp3) is 0.588. The highest BCUT2D eigenvalue weighted by molar-refractivity contribution is 7.99. The zero-order chi connectivity index (χ0) is 16.6.